The van der Waals surface area contributed by atoms with Crippen LogP contribution in [0.1, 0.15) is 53.0 Å². The molecule has 1 aliphatic carbocycles. The third kappa shape index (κ3) is 6.02. The predicted octanol–water partition coefficient (Wildman–Crippen LogP) is 5.85. The summed E-state index contributed by atoms with van der Waals surface area (Å²) >= 11 is 0. The van der Waals surface area contributed by atoms with Gasteiger partial charge < -0.3 is 19.9 Å². The van der Waals surface area contributed by atoms with Gasteiger partial charge in [0, 0.05) is 62.3 Å². The first-order valence-corrected chi connectivity index (χ1v) is 17.9. The van der Waals surface area contributed by atoms with Crippen LogP contribution in [0.5, 0.6) is 0 Å². The van der Waals surface area contributed by atoms with Gasteiger partial charge >= 0.3 is 5.97 Å². The van der Waals surface area contributed by atoms with Gasteiger partial charge in [-0.3, -0.25) is 19.6 Å². The Balaban J connectivity index is 1.20. The van der Waals surface area contributed by atoms with E-state index >= 15 is 0 Å². The van der Waals surface area contributed by atoms with Gasteiger partial charge in [0.1, 0.15) is 22.6 Å². The van der Waals surface area contributed by atoms with E-state index in [4.69, 9.17) is 19.4 Å². The first kappa shape index (κ1) is 33.7. The molecule has 11 nitrogen and oxygen atoms in total. The molecule has 3 N–H and O–H groups in total. The molecule has 2 aromatic carbocycles. The number of aliphatic hydroxyl groups is 1. The quantitative estimate of drug-likeness (QED) is 0.162. The molecule has 3 aromatic heterocycles. The number of anilines is 1. The van der Waals surface area contributed by atoms with Crippen LogP contribution in [0.4, 0.5) is 5.82 Å². The van der Waals surface area contributed by atoms with Crippen LogP contribution in [0, 0.1) is 30.1 Å². The van der Waals surface area contributed by atoms with Crippen LogP contribution in [-0.2, 0) is 16.9 Å². The van der Waals surface area contributed by atoms with Crippen LogP contribution in [0.2, 0.25) is 0 Å². The Labute approximate surface area is 301 Å². The van der Waals surface area contributed by atoms with E-state index in [-0.39, 0.29) is 18.4 Å². The number of nitrogens with zero attached hydrogens (tertiary/aromatic N) is 6. The zero-order valence-corrected chi connectivity index (χ0v) is 29.3. The maximum Gasteiger partial charge on any atom is 0.307 e. The highest BCUT2D eigenvalue weighted by molar-refractivity contribution is 5.89. The summed E-state index contributed by atoms with van der Waals surface area (Å²) in [6, 6.07) is 18.6. The van der Waals surface area contributed by atoms with Gasteiger partial charge in [-0.15, -0.1) is 0 Å². The highest BCUT2D eigenvalue weighted by Gasteiger charge is 2.45. The molecule has 0 saturated carbocycles. The molecule has 2 fully saturated rings. The van der Waals surface area contributed by atoms with Crippen LogP contribution in [0.3, 0.4) is 0 Å². The van der Waals surface area contributed by atoms with E-state index in [0.717, 1.165) is 51.8 Å². The molecule has 0 bridgehead atoms. The monoisotopic (exact) mass is 695 g/mol. The molecule has 2 aliphatic heterocycles. The number of benzene rings is 2. The lowest BCUT2D eigenvalue weighted by molar-refractivity contribution is -0.141. The van der Waals surface area contributed by atoms with Crippen LogP contribution in [0.15, 0.2) is 83.6 Å². The van der Waals surface area contributed by atoms with Crippen LogP contribution < -0.4 is 5.32 Å². The second-order valence-corrected chi connectivity index (χ2v) is 14.4. The summed E-state index contributed by atoms with van der Waals surface area (Å²) in [5.74, 6) is 0.00265. The van der Waals surface area contributed by atoms with E-state index in [1.807, 2.05) is 42.6 Å². The van der Waals surface area contributed by atoms with Gasteiger partial charge in [0.2, 0.25) is 5.89 Å². The number of nitriles is 1. The van der Waals surface area contributed by atoms with Gasteiger partial charge in [-0.25, -0.2) is 9.97 Å². The number of fused-ring (bicyclic) bond motifs is 2. The Bertz CT molecular complexity index is 2280. The number of β-amino-alcohol motifs (C(OH)–C–C–N with tert-alkyl or cyclic N) is 1. The van der Waals surface area contributed by atoms with Crippen LogP contribution in [-0.4, -0.2) is 80.3 Å². The molecule has 11 heteroatoms. The van der Waals surface area contributed by atoms with E-state index in [9.17, 15) is 20.3 Å². The van der Waals surface area contributed by atoms with Gasteiger partial charge in [-0.05, 0) is 78.1 Å². The lowest BCUT2D eigenvalue weighted by Gasteiger charge is -2.39. The average Bonchev–Trinajstić information content (AvgIpc) is 3.79. The summed E-state index contributed by atoms with van der Waals surface area (Å²) in [5, 5.41) is 33.8. The Morgan fingerprint density at radius 1 is 1.13 bits per heavy atom. The average molecular weight is 696 g/mol. The zero-order chi connectivity index (χ0) is 36.0. The highest BCUT2D eigenvalue weighted by Crippen LogP contribution is 2.46. The number of carboxylic acid groups (broad SMARTS) is 1. The Morgan fingerprint density at radius 3 is 2.75 bits per heavy atom. The number of oxazole rings is 1. The number of aromatic nitrogens is 3. The topological polar surface area (TPSA) is 152 Å². The third-order valence-electron chi connectivity index (χ3n) is 11.1. The van der Waals surface area contributed by atoms with Crippen LogP contribution >= 0.6 is 0 Å². The van der Waals surface area contributed by atoms with Crippen LogP contribution in [0.25, 0.3) is 27.6 Å². The molecule has 5 aromatic rings. The summed E-state index contributed by atoms with van der Waals surface area (Å²) in [6.45, 7) is 8.56. The number of aliphatic carboxylic acids is 1. The third-order valence-corrected chi connectivity index (χ3v) is 11.1. The molecule has 264 valence electrons. The van der Waals surface area contributed by atoms with Crippen molar-refractivity contribution < 1.29 is 19.4 Å². The SMILES string of the molecule is Cc1ccccc1C1=CC=CC(Nc2nccc3cc(C4CN(CCO)C4)cnc23)(c2nc3cc(CN4CC[C@@H](C(=O)O)C4)cc(C#N)c3o2)C1C. The van der Waals surface area contributed by atoms with Gasteiger partial charge in [-0.1, -0.05) is 43.3 Å². The molecule has 0 spiro atoms. The molecule has 8 rings (SSSR count). The fourth-order valence-electron chi connectivity index (χ4n) is 8.09. The molecule has 52 heavy (non-hydrogen) atoms. The number of carboxylic acids is 1. The number of pyridine rings is 2. The van der Waals surface area contributed by atoms with Gasteiger partial charge in [0.25, 0.3) is 0 Å². The predicted molar refractivity (Wildman–Crippen MR) is 198 cm³/mol. The molecular formula is C41H41N7O4. The summed E-state index contributed by atoms with van der Waals surface area (Å²) < 4.78 is 6.64. The first-order valence-electron chi connectivity index (χ1n) is 17.9. The molecule has 2 unspecified atom stereocenters. The van der Waals surface area contributed by atoms with E-state index in [1.165, 1.54) is 0 Å². The molecule has 3 atom stereocenters. The number of rotatable bonds is 10. The fourth-order valence-corrected chi connectivity index (χ4v) is 8.09. The van der Waals surface area contributed by atoms with E-state index in [1.54, 1.807) is 6.20 Å². The lowest BCUT2D eigenvalue weighted by atomic mass is 9.73. The number of carbonyl (C=O) groups is 1. The minimum Gasteiger partial charge on any atom is -0.481 e. The van der Waals surface area contributed by atoms with Gasteiger partial charge in [0.15, 0.2) is 11.4 Å². The minimum absolute atomic E-state index is 0.158. The maximum absolute atomic E-state index is 11.6. The molecule has 5 heterocycles. The lowest BCUT2D eigenvalue weighted by Crippen LogP contribution is -2.46. The molecular weight excluding hydrogens is 654 g/mol. The number of likely N-dealkylation sites (tertiary alicyclic amines) is 2. The molecule has 0 amide bonds. The van der Waals surface area contributed by atoms with Crippen molar-refractivity contribution in [1.29, 1.82) is 5.26 Å². The molecule has 2 saturated heterocycles. The van der Waals surface area contributed by atoms with Crippen molar-refractivity contribution in [2.45, 2.75) is 38.3 Å². The smallest absolute Gasteiger partial charge is 0.307 e. The summed E-state index contributed by atoms with van der Waals surface area (Å²) in [5.41, 5.74) is 6.49. The summed E-state index contributed by atoms with van der Waals surface area (Å²) in [6.07, 6.45) is 10.5. The Hall–Kier alpha value is -5.41. The van der Waals surface area contributed by atoms with Crippen molar-refractivity contribution in [2.75, 3.05) is 44.6 Å². The highest BCUT2D eigenvalue weighted by atomic mass is 16.4. The fraction of sp³-hybridized carbons (Fsp3) is 0.341. The second-order valence-electron chi connectivity index (χ2n) is 14.4. The number of nitrogens with one attached hydrogen (secondary N) is 1. The van der Waals surface area contributed by atoms with Gasteiger partial charge in [0.05, 0.1) is 18.1 Å². The maximum atomic E-state index is 11.6. The molecule has 3 aliphatic rings. The van der Waals surface area contributed by atoms with Gasteiger partial charge in [-0.2, -0.15) is 5.26 Å². The summed E-state index contributed by atoms with van der Waals surface area (Å²) in [4.78, 5) is 30.8. The summed E-state index contributed by atoms with van der Waals surface area (Å²) in [7, 11) is 0. The molecule has 0 radical (unpaired) electrons. The van der Waals surface area contributed by atoms with E-state index in [2.05, 4.69) is 65.4 Å². The van der Waals surface area contributed by atoms with Crippen molar-refractivity contribution in [3.05, 3.63) is 113 Å². The second kappa shape index (κ2) is 13.6. The van der Waals surface area contributed by atoms with E-state index in [0.29, 0.717) is 66.9 Å². The van der Waals surface area contributed by atoms with Crippen molar-refractivity contribution in [2.24, 2.45) is 11.8 Å². The minimum atomic E-state index is -1.01. The Morgan fingerprint density at radius 2 is 1.98 bits per heavy atom. The van der Waals surface area contributed by atoms with E-state index < -0.39 is 11.5 Å². The number of aliphatic hydroxyl groups excluding tert-OH is 1. The number of hydrogen-bond acceptors (Lipinski definition) is 10. The number of hydrogen-bond donors (Lipinski definition) is 3. The van der Waals surface area contributed by atoms with Crippen molar-refractivity contribution in [1.82, 2.24) is 24.8 Å². The number of aryl methyl sites for hydroxylation is 1. The standard InChI is InChI=1S/C41H41N7O4/c1-25-6-3-4-7-33(25)34-8-5-11-41(26(34)2,46-38-36-28(9-12-43-38)18-31(20-44-36)32-23-48(24-32)14-15-49)40-45-35-17-27(16-30(19-42)37(35)52-40)21-47-13-10-29(22-47)39(50)51/h3-9,11-12,16-18,20,26,29,32,49H,10,13-15,21-24H2,1-2H3,(H,43,46)(H,50,51)/t26?,29-,41?/m1/s1. The zero-order valence-electron chi connectivity index (χ0n) is 29.3. The van der Waals surface area contributed by atoms with Crippen molar-refractivity contribution >= 4 is 39.4 Å². The largest absolute Gasteiger partial charge is 0.481 e. The Kier molecular flexibility index (Phi) is 8.83. The normalized spacial score (nSPS) is 22.4. The first-order chi connectivity index (χ1) is 25.3. The van der Waals surface area contributed by atoms with Crippen molar-refractivity contribution in [3.8, 4) is 6.07 Å². The number of allylic oxidation sites excluding steroid dienone is 2. The van der Waals surface area contributed by atoms with Crippen molar-refractivity contribution in [3.63, 3.8) is 0 Å².